The normalized spacial score (nSPS) is 23.3. The second-order valence-corrected chi connectivity index (χ2v) is 7.91. The summed E-state index contributed by atoms with van der Waals surface area (Å²) in [7, 11) is 0. The number of amides is 1. The zero-order chi connectivity index (χ0) is 17.2. The Balaban J connectivity index is 1.45. The summed E-state index contributed by atoms with van der Waals surface area (Å²) in [5.41, 5.74) is 0.896. The molecule has 1 aliphatic carbocycles. The maximum absolute atomic E-state index is 12.8. The maximum atomic E-state index is 12.8. The first-order valence-electron chi connectivity index (χ1n) is 9.04. The third-order valence-electron chi connectivity index (χ3n) is 5.40. The number of carbonyl (C=O) groups excluding carboxylic acids is 1. The van der Waals surface area contributed by atoms with Crippen LogP contribution < -0.4 is 0 Å². The number of rotatable bonds is 3. The number of carbonyl (C=O) groups is 1. The molecule has 1 aromatic heterocycles. The number of nitrogens with zero attached hydrogens (tertiary/aromatic N) is 5. The van der Waals surface area contributed by atoms with Gasteiger partial charge in [0.15, 0.2) is 0 Å². The van der Waals surface area contributed by atoms with Crippen LogP contribution in [0.3, 0.4) is 0 Å². The monoisotopic (exact) mass is 403 g/mol. The van der Waals surface area contributed by atoms with Gasteiger partial charge in [-0.25, -0.2) is 0 Å². The molecule has 1 aromatic carbocycles. The van der Waals surface area contributed by atoms with Gasteiger partial charge >= 0.3 is 0 Å². The van der Waals surface area contributed by atoms with Gasteiger partial charge in [-0.15, -0.1) is 10.2 Å². The molecule has 25 heavy (non-hydrogen) atoms. The highest BCUT2D eigenvalue weighted by molar-refractivity contribution is 9.10. The third kappa shape index (κ3) is 3.61. The van der Waals surface area contributed by atoms with E-state index in [1.165, 1.54) is 30.5 Å². The lowest BCUT2D eigenvalue weighted by atomic mass is 9.78. The van der Waals surface area contributed by atoms with Crippen molar-refractivity contribution in [3.63, 3.8) is 0 Å². The average molecular weight is 404 g/mol. The van der Waals surface area contributed by atoms with Crippen LogP contribution >= 0.6 is 15.9 Å². The summed E-state index contributed by atoms with van der Waals surface area (Å²) >= 11 is 3.42. The zero-order valence-corrected chi connectivity index (χ0v) is 15.7. The van der Waals surface area contributed by atoms with Gasteiger partial charge in [0.1, 0.15) is 6.54 Å². The fraction of sp³-hybridized carbons (Fsp3) is 0.556. The van der Waals surface area contributed by atoms with Crippen molar-refractivity contribution in [3.05, 3.63) is 28.7 Å². The first-order valence-corrected chi connectivity index (χ1v) is 9.83. The molecule has 132 valence electrons. The molecule has 0 N–H and O–H groups in total. The molecule has 2 atom stereocenters. The van der Waals surface area contributed by atoms with Crippen LogP contribution in [0, 0.1) is 5.92 Å². The first kappa shape index (κ1) is 16.7. The van der Waals surface area contributed by atoms with E-state index in [0.29, 0.717) is 17.8 Å². The third-order valence-corrected chi connectivity index (χ3v) is 5.92. The Morgan fingerprint density at radius 2 is 1.88 bits per heavy atom. The molecule has 0 bridgehead atoms. The number of piperidine rings is 1. The van der Waals surface area contributed by atoms with Gasteiger partial charge in [-0.3, -0.25) is 4.79 Å². The molecule has 1 aliphatic heterocycles. The minimum atomic E-state index is 0.122. The van der Waals surface area contributed by atoms with Gasteiger partial charge in [-0.05, 0) is 61.1 Å². The Morgan fingerprint density at radius 3 is 2.72 bits per heavy atom. The summed E-state index contributed by atoms with van der Waals surface area (Å²) in [5.74, 6) is 1.36. The molecule has 4 rings (SSSR count). The number of tetrazole rings is 1. The Hall–Kier alpha value is -1.76. The summed E-state index contributed by atoms with van der Waals surface area (Å²) in [4.78, 5) is 16.3. The predicted octanol–water partition coefficient (Wildman–Crippen LogP) is 3.28. The minimum absolute atomic E-state index is 0.122. The van der Waals surface area contributed by atoms with Crippen molar-refractivity contribution in [2.24, 2.45) is 5.92 Å². The van der Waals surface area contributed by atoms with Gasteiger partial charge in [0, 0.05) is 22.6 Å². The van der Waals surface area contributed by atoms with Crippen LogP contribution in [0.5, 0.6) is 0 Å². The molecule has 0 unspecified atom stereocenters. The van der Waals surface area contributed by atoms with Crippen molar-refractivity contribution in [1.82, 2.24) is 25.1 Å². The molecule has 1 saturated heterocycles. The van der Waals surface area contributed by atoms with Gasteiger partial charge in [-0.2, -0.15) is 4.80 Å². The van der Waals surface area contributed by atoms with Crippen LogP contribution in [-0.4, -0.2) is 43.6 Å². The van der Waals surface area contributed by atoms with E-state index in [-0.39, 0.29) is 12.5 Å². The van der Waals surface area contributed by atoms with Crippen molar-refractivity contribution in [1.29, 1.82) is 0 Å². The first-order chi connectivity index (χ1) is 12.2. The van der Waals surface area contributed by atoms with Crippen molar-refractivity contribution < 1.29 is 4.79 Å². The second kappa shape index (κ2) is 7.23. The molecule has 2 aromatic rings. The molecule has 1 amide bonds. The van der Waals surface area contributed by atoms with E-state index in [1.807, 2.05) is 24.3 Å². The highest BCUT2D eigenvalue weighted by Crippen LogP contribution is 2.35. The summed E-state index contributed by atoms with van der Waals surface area (Å²) in [6, 6.07) is 8.18. The predicted molar refractivity (Wildman–Crippen MR) is 97.6 cm³/mol. The quantitative estimate of drug-likeness (QED) is 0.788. The molecular weight excluding hydrogens is 382 g/mol. The summed E-state index contributed by atoms with van der Waals surface area (Å²) < 4.78 is 1.01. The van der Waals surface area contributed by atoms with Crippen LogP contribution in [0.15, 0.2) is 28.7 Å². The maximum Gasteiger partial charge on any atom is 0.246 e. The summed E-state index contributed by atoms with van der Waals surface area (Å²) in [5, 5.41) is 12.5. The molecule has 2 fully saturated rings. The number of likely N-dealkylation sites (tertiary alicyclic amines) is 1. The van der Waals surface area contributed by atoms with Gasteiger partial charge in [0.25, 0.3) is 0 Å². The molecular formula is C18H22BrN5O. The molecule has 0 radical (unpaired) electrons. The van der Waals surface area contributed by atoms with E-state index in [9.17, 15) is 4.79 Å². The average Bonchev–Trinajstić information content (AvgIpc) is 3.10. The van der Waals surface area contributed by atoms with Crippen LogP contribution in [0.25, 0.3) is 11.4 Å². The minimum Gasteiger partial charge on any atom is -0.338 e. The number of hydrogen-bond donors (Lipinski definition) is 0. The van der Waals surface area contributed by atoms with E-state index in [0.717, 1.165) is 29.4 Å². The number of hydrogen-bond acceptors (Lipinski definition) is 4. The summed E-state index contributed by atoms with van der Waals surface area (Å²) in [6.07, 6.45) is 7.34. The lowest BCUT2D eigenvalue weighted by Gasteiger charge is -2.44. The second-order valence-electron chi connectivity index (χ2n) is 6.99. The van der Waals surface area contributed by atoms with E-state index in [2.05, 4.69) is 36.2 Å². The van der Waals surface area contributed by atoms with E-state index in [1.54, 1.807) is 0 Å². The Kier molecular flexibility index (Phi) is 4.83. The number of aromatic nitrogens is 4. The molecule has 6 nitrogen and oxygen atoms in total. The largest absolute Gasteiger partial charge is 0.338 e. The molecule has 2 heterocycles. The van der Waals surface area contributed by atoms with Gasteiger partial charge < -0.3 is 4.90 Å². The summed E-state index contributed by atoms with van der Waals surface area (Å²) in [6.45, 7) is 1.04. The Labute approximate surface area is 155 Å². The van der Waals surface area contributed by atoms with Crippen LogP contribution in [0.4, 0.5) is 0 Å². The van der Waals surface area contributed by atoms with Crippen LogP contribution in [-0.2, 0) is 11.3 Å². The topological polar surface area (TPSA) is 63.9 Å². The Bertz CT molecular complexity index is 742. The van der Waals surface area contributed by atoms with Crippen LogP contribution in [0.2, 0.25) is 0 Å². The molecule has 2 aliphatic rings. The van der Waals surface area contributed by atoms with Crippen molar-refractivity contribution in [2.45, 2.75) is 51.1 Å². The number of benzene rings is 1. The fourth-order valence-corrected chi connectivity index (χ4v) is 4.44. The van der Waals surface area contributed by atoms with Gasteiger partial charge in [0.05, 0.1) is 0 Å². The lowest BCUT2D eigenvalue weighted by Crippen LogP contribution is -2.50. The molecule has 0 spiro atoms. The van der Waals surface area contributed by atoms with E-state index >= 15 is 0 Å². The standard InChI is InChI=1S/C18H22BrN5O/c19-15-9-7-14(8-10-15)18-20-22-24(21-18)12-17(25)23-11-3-5-13-4-1-2-6-16(13)23/h7-10,13,16H,1-6,11-12H2/t13-,16+/m1/s1. The van der Waals surface area contributed by atoms with Crippen molar-refractivity contribution >= 4 is 21.8 Å². The van der Waals surface area contributed by atoms with Gasteiger partial charge in [0.2, 0.25) is 11.7 Å². The van der Waals surface area contributed by atoms with E-state index in [4.69, 9.17) is 0 Å². The van der Waals surface area contributed by atoms with Crippen molar-refractivity contribution in [3.8, 4) is 11.4 Å². The van der Waals surface area contributed by atoms with Gasteiger partial charge in [-0.1, -0.05) is 28.8 Å². The fourth-order valence-electron chi connectivity index (χ4n) is 4.17. The molecule has 7 heteroatoms. The number of fused-ring (bicyclic) bond motifs is 1. The SMILES string of the molecule is O=C(Cn1nnc(-c2ccc(Br)cc2)n1)N1CCC[C@H]2CCCC[C@@H]21. The highest BCUT2D eigenvalue weighted by Gasteiger charge is 2.35. The smallest absolute Gasteiger partial charge is 0.246 e. The number of halogens is 1. The van der Waals surface area contributed by atoms with Crippen molar-refractivity contribution in [2.75, 3.05) is 6.54 Å². The van der Waals surface area contributed by atoms with E-state index < -0.39 is 0 Å². The highest BCUT2D eigenvalue weighted by atomic mass is 79.9. The lowest BCUT2D eigenvalue weighted by molar-refractivity contribution is -0.138. The molecule has 1 saturated carbocycles. The Morgan fingerprint density at radius 1 is 1.12 bits per heavy atom. The zero-order valence-electron chi connectivity index (χ0n) is 14.1. The van der Waals surface area contributed by atoms with Crippen LogP contribution in [0.1, 0.15) is 38.5 Å².